The zero-order valence-corrected chi connectivity index (χ0v) is 19.3. The highest BCUT2D eigenvalue weighted by Crippen LogP contribution is 2.26. The van der Waals surface area contributed by atoms with Crippen LogP contribution in [0.5, 0.6) is 0 Å². The number of esters is 1. The number of aromatic nitrogens is 1. The van der Waals surface area contributed by atoms with Gasteiger partial charge in [-0.2, -0.15) is 4.31 Å². The summed E-state index contributed by atoms with van der Waals surface area (Å²) in [5.74, 6) is -0.454. The van der Waals surface area contributed by atoms with Gasteiger partial charge in [-0.05, 0) is 61.7 Å². The molecule has 2 aromatic carbocycles. The monoisotopic (exact) mass is 460 g/mol. The van der Waals surface area contributed by atoms with Gasteiger partial charge in [0.1, 0.15) is 5.69 Å². The van der Waals surface area contributed by atoms with Gasteiger partial charge in [-0.3, -0.25) is 0 Å². The molecule has 0 atom stereocenters. The highest BCUT2D eigenvalue weighted by atomic mass is 35.5. The second-order valence-electron chi connectivity index (χ2n) is 7.16. The van der Waals surface area contributed by atoms with Crippen LogP contribution in [0.4, 0.5) is 0 Å². The van der Waals surface area contributed by atoms with Gasteiger partial charge in [-0.25, -0.2) is 13.2 Å². The van der Waals surface area contributed by atoms with Crippen molar-refractivity contribution in [2.45, 2.75) is 38.8 Å². The fourth-order valence-corrected chi connectivity index (χ4v) is 4.90. The molecule has 3 aromatic rings. The number of benzene rings is 2. The first-order chi connectivity index (χ1) is 14.7. The summed E-state index contributed by atoms with van der Waals surface area (Å²) >= 11 is 5.94. The van der Waals surface area contributed by atoms with E-state index in [4.69, 9.17) is 16.3 Å². The van der Waals surface area contributed by atoms with E-state index in [2.05, 4.69) is 4.98 Å². The average molecular weight is 461 g/mol. The van der Waals surface area contributed by atoms with E-state index < -0.39 is 16.0 Å². The molecule has 0 bridgehead atoms. The molecule has 0 radical (unpaired) electrons. The van der Waals surface area contributed by atoms with Crippen LogP contribution in [0.3, 0.4) is 0 Å². The highest BCUT2D eigenvalue weighted by molar-refractivity contribution is 7.89. The Morgan fingerprint density at radius 3 is 2.29 bits per heavy atom. The van der Waals surface area contributed by atoms with Gasteiger partial charge in [-0.1, -0.05) is 41.9 Å². The molecule has 0 aliphatic carbocycles. The van der Waals surface area contributed by atoms with Crippen LogP contribution in [-0.4, -0.2) is 30.3 Å². The molecule has 3 rings (SSSR count). The molecule has 8 heteroatoms. The van der Waals surface area contributed by atoms with Crippen molar-refractivity contribution in [2.75, 3.05) is 6.61 Å². The van der Waals surface area contributed by atoms with Crippen molar-refractivity contribution < 1.29 is 17.9 Å². The van der Waals surface area contributed by atoms with E-state index in [-0.39, 0.29) is 24.6 Å². The maximum Gasteiger partial charge on any atom is 0.355 e. The molecule has 0 saturated carbocycles. The molecule has 0 aliphatic heterocycles. The Balaban J connectivity index is 2.02. The molecule has 0 saturated heterocycles. The Morgan fingerprint density at radius 2 is 1.68 bits per heavy atom. The minimum Gasteiger partial charge on any atom is -0.461 e. The number of carbonyl (C=O) groups excluding carboxylic acids is 1. The largest absolute Gasteiger partial charge is 0.461 e. The second kappa shape index (κ2) is 9.68. The normalized spacial score (nSPS) is 11.6. The predicted octanol–water partition coefficient (Wildman–Crippen LogP) is 4.85. The first kappa shape index (κ1) is 23.1. The van der Waals surface area contributed by atoms with Crippen molar-refractivity contribution in [1.82, 2.24) is 9.29 Å². The molecule has 0 fully saturated rings. The summed E-state index contributed by atoms with van der Waals surface area (Å²) < 4.78 is 33.5. The molecule has 1 heterocycles. The molecule has 0 unspecified atom stereocenters. The summed E-state index contributed by atoms with van der Waals surface area (Å²) in [6.07, 6.45) is 0. The summed E-state index contributed by atoms with van der Waals surface area (Å²) in [5.41, 5.74) is 3.36. The molecule has 6 nitrogen and oxygen atoms in total. The van der Waals surface area contributed by atoms with Crippen molar-refractivity contribution in [1.29, 1.82) is 0 Å². The molecule has 0 aliphatic rings. The smallest absolute Gasteiger partial charge is 0.355 e. The Bertz CT molecular complexity index is 1160. The van der Waals surface area contributed by atoms with E-state index in [0.29, 0.717) is 16.3 Å². The van der Waals surface area contributed by atoms with Crippen molar-refractivity contribution in [2.24, 2.45) is 0 Å². The van der Waals surface area contributed by atoms with Crippen LogP contribution in [0.15, 0.2) is 59.5 Å². The number of sulfonamides is 1. The van der Waals surface area contributed by atoms with E-state index in [1.165, 1.54) is 16.4 Å². The minimum atomic E-state index is -3.82. The third-order valence-corrected chi connectivity index (χ3v) is 7.12. The van der Waals surface area contributed by atoms with E-state index in [1.807, 2.05) is 37.3 Å². The van der Waals surface area contributed by atoms with Gasteiger partial charge in [0.2, 0.25) is 10.0 Å². The van der Waals surface area contributed by atoms with E-state index in [0.717, 1.165) is 16.8 Å². The van der Waals surface area contributed by atoms with Gasteiger partial charge in [0, 0.05) is 23.8 Å². The molecule has 31 heavy (non-hydrogen) atoms. The highest BCUT2D eigenvalue weighted by Gasteiger charge is 2.28. The van der Waals surface area contributed by atoms with Crippen LogP contribution in [0, 0.1) is 13.8 Å². The summed E-state index contributed by atoms with van der Waals surface area (Å²) in [5, 5.41) is 0.463. The van der Waals surface area contributed by atoms with E-state index in [9.17, 15) is 13.2 Å². The van der Waals surface area contributed by atoms with Crippen LogP contribution in [0.2, 0.25) is 5.02 Å². The standard InChI is InChI=1S/C23H25ClN2O4S/c1-4-30-23(27)22-16(2)21(17(3)25-22)15-26(14-18-8-6-5-7-9-18)31(28,29)20-12-10-19(24)11-13-20/h5-13,25H,4,14-15H2,1-3H3. The zero-order valence-electron chi connectivity index (χ0n) is 17.7. The Morgan fingerprint density at radius 1 is 1.03 bits per heavy atom. The van der Waals surface area contributed by atoms with Crippen LogP contribution in [-0.2, 0) is 27.8 Å². The average Bonchev–Trinajstić information content (AvgIpc) is 3.03. The predicted molar refractivity (Wildman–Crippen MR) is 121 cm³/mol. The van der Waals surface area contributed by atoms with Crippen molar-refractivity contribution >= 4 is 27.6 Å². The third kappa shape index (κ3) is 5.18. The van der Waals surface area contributed by atoms with E-state index in [1.54, 1.807) is 26.0 Å². The van der Waals surface area contributed by atoms with Crippen molar-refractivity contribution in [3.8, 4) is 0 Å². The molecule has 1 aromatic heterocycles. The topological polar surface area (TPSA) is 79.5 Å². The first-order valence-corrected chi connectivity index (χ1v) is 11.7. The SMILES string of the molecule is CCOC(=O)c1[nH]c(C)c(CN(Cc2ccccc2)S(=O)(=O)c2ccc(Cl)cc2)c1C. The lowest BCUT2D eigenvalue weighted by Gasteiger charge is -2.23. The van der Waals surface area contributed by atoms with Crippen LogP contribution >= 0.6 is 11.6 Å². The number of halogens is 1. The summed E-state index contributed by atoms with van der Waals surface area (Å²) in [7, 11) is -3.82. The van der Waals surface area contributed by atoms with Crippen molar-refractivity contribution in [3.63, 3.8) is 0 Å². The van der Waals surface area contributed by atoms with Gasteiger partial charge in [-0.15, -0.1) is 0 Å². The number of nitrogens with zero attached hydrogens (tertiary/aromatic N) is 1. The second-order valence-corrected chi connectivity index (χ2v) is 9.54. The minimum absolute atomic E-state index is 0.105. The van der Waals surface area contributed by atoms with Crippen LogP contribution in [0.1, 0.15) is 39.8 Å². The number of hydrogen-bond acceptors (Lipinski definition) is 4. The Kier molecular flexibility index (Phi) is 7.20. The number of aromatic amines is 1. The number of aryl methyl sites for hydroxylation is 1. The fraction of sp³-hybridized carbons (Fsp3) is 0.261. The van der Waals surface area contributed by atoms with Gasteiger partial charge in [0.05, 0.1) is 11.5 Å². The molecule has 1 N–H and O–H groups in total. The number of hydrogen-bond donors (Lipinski definition) is 1. The van der Waals surface area contributed by atoms with Crippen molar-refractivity contribution in [3.05, 3.63) is 87.7 Å². The Hall–Kier alpha value is -2.61. The number of H-pyrrole nitrogens is 1. The third-order valence-electron chi connectivity index (χ3n) is 5.06. The molecular formula is C23H25ClN2O4S. The number of nitrogens with one attached hydrogen (secondary N) is 1. The number of carbonyl (C=O) groups is 1. The van der Waals surface area contributed by atoms with Gasteiger partial charge in [0.25, 0.3) is 0 Å². The van der Waals surface area contributed by atoms with Gasteiger partial charge in [0.15, 0.2) is 0 Å². The number of ether oxygens (including phenoxy) is 1. The molecule has 164 valence electrons. The van der Waals surface area contributed by atoms with E-state index >= 15 is 0 Å². The summed E-state index contributed by atoms with van der Waals surface area (Å²) in [6, 6.07) is 15.5. The first-order valence-electron chi connectivity index (χ1n) is 9.88. The molecule has 0 amide bonds. The maximum absolute atomic E-state index is 13.5. The fourth-order valence-electron chi connectivity index (χ4n) is 3.38. The lowest BCUT2D eigenvalue weighted by atomic mass is 10.1. The maximum atomic E-state index is 13.5. The van der Waals surface area contributed by atoms with Gasteiger partial charge < -0.3 is 9.72 Å². The summed E-state index contributed by atoms with van der Waals surface area (Å²) in [4.78, 5) is 15.5. The number of rotatable bonds is 8. The van der Waals surface area contributed by atoms with Crippen LogP contribution in [0.25, 0.3) is 0 Å². The molecular weight excluding hydrogens is 436 g/mol. The lowest BCUT2D eigenvalue weighted by molar-refractivity contribution is 0.0519. The zero-order chi connectivity index (χ0) is 22.6. The van der Waals surface area contributed by atoms with Gasteiger partial charge >= 0.3 is 5.97 Å². The lowest BCUT2D eigenvalue weighted by Crippen LogP contribution is -2.30. The quantitative estimate of drug-likeness (QED) is 0.487. The Labute approximate surface area is 187 Å². The summed E-state index contributed by atoms with van der Waals surface area (Å²) in [6.45, 7) is 5.90. The van der Waals surface area contributed by atoms with Crippen LogP contribution < -0.4 is 0 Å². The molecule has 0 spiro atoms.